The molecule has 0 spiro atoms. The average molecular weight is 400 g/mol. The maximum atomic E-state index is 11.9. The Bertz CT molecular complexity index is 1010. The SMILES string of the molecule is COc1cccc(NC(=O)COC(=O)COc2ccc(Cl)c3ccccc23)c1. The van der Waals surface area contributed by atoms with Crippen LogP contribution in [0.25, 0.3) is 10.8 Å². The van der Waals surface area contributed by atoms with Crippen molar-refractivity contribution in [1.29, 1.82) is 0 Å². The molecule has 0 heterocycles. The maximum Gasteiger partial charge on any atom is 0.344 e. The molecule has 0 saturated heterocycles. The van der Waals surface area contributed by atoms with Gasteiger partial charge < -0.3 is 19.5 Å². The number of esters is 1. The molecule has 6 nitrogen and oxygen atoms in total. The Morgan fingerprint density at radius 3 is 2.54 bits per heavy atom. The fourth-order valence-electron chi connectivity index (χ4n) is 2.58. The number of methoxy groups -OCH3 is 1. The fraction of sp³-hybridized carbons (Fsp3) is 0.143. The van der Waals surface area contributed by atoms with Gasteiger partial charge >= 0.3 is 5.97 Å². The van der Waals surface area contributed by atoms with E-state index in [0.29, 0.717) is 22.2 Å². The van der Waals surface area contributed by atoms with Crippen LogP contribution in [0.15, 0.2) is 60.7 Å². The summed E-state index contributed by atoms with van der Waals surface area (Å²) >= 11 is 6.16. The quantitative estimate of drug-likeness (QED) is 0.606. The van der Waals surface area contributed by atoms with E-state index in [4.69, 9.17) is 25.8 Å². The number of nitrogens with one attached hydrogen (secondary N) is 1. The Labute approximate surface area is 167 Å². The number of benzene rings is 3. The van der Waals surface area contributed by atoms with E-state index in [1.807, 2.05) is 24.3 Å². The molecule has 0 radical (unpaired) electrons. The van der Waals surface area contributed by atoms with E-state index in [9.17, 15) is 9.59 Å². The van der Waals surface area contributed by atoms with Crippen molar-refractivity contribution in [3.05, 3.63) is 65.7 Å². The van der Waals surface area contributed by atoms with Gasteiger partial charge in [0.1, 0.15) is 11.5 Å². The molecule has 3 aromatic carbocycles. The van der Waals surface area contributed by atoms with Crippen LogP contribution >= 0.6 is 11.6 Å². The minimum absolute atomic E-state index is 0.321. The van der Waals surface area contributed by atoms with Gasteiger partial charge in [0, 0.05) is 27.5 Å². The van der Waals surface area contributed by atoms with Crippen LogP contribution < -0.4 is 14.8 Å². The smallest absolute Gasteiger partial charge is 0.344 e. The molecule has 7 heteroatoms. The van der Waals surface area contributed by atoms with Crippen molar-refractivity contribution in [3.8, 4) is 11.5 Å². The molecule has 3 aromatic rings. The Kier molecular flexibility index (Phi) is 6.34. The lowest BCUT2D eigenvalue weighted by atomic mass is 10.1. The van der Waals surface area contributed by atoms with Crippen LogP contribution in [0.5, 0.6) is 11.5 Å². The first kappa shape index (κ1) is 19.5. The van der Waals surface area contributed by atoms with Crippen molar-refractivity contribution in [3.63, 3.8) is 0 Å². The van der Waals surface area contributed by atoms with Gasteiger partial charge in [0.15, 0.2) is 13.2 Å². The summed E-state index contributed by atoms with van der Waals surface area (Å²) in [5, 5.41) is 4.84. The highest BCUT2D eigenvalue weighted by Gasteiger charge is 2.11. The molecule has 0 unspecified atom stereocenters. The molecule has 0 aromatic heterocycles. The molecule has 28 heavy (non-hydrogen) atoms. The molecule has 0 aliphatic heterocycles. The van der Waals surface area contributed by atoms with Crippen molar-refractivity contribution >= 4 is 39.9 Å². The molecule has 0 atom stereocenters. The number of carbonyl (C=O) groups is 2. The molecule has 0 bridgehead atoms. The zero-order chi connectivity index (χ0) is 19.9. The monoisotopic (exact) mass is 399 g/mol. The zero-order valence-corrected chi connectivity index (χ0v) is 15.9. The van der Waals surface area contributed by atoms with Gasteiger partial charge in [-0.05, 0) is 24.3 Å². The number of anilines is 1. The van der Waals surface area contributed by atoms with Crippen LogP contribution in [0.3, 0.4) is 0 Å². The van der Waals surface area contributed by atoms with Crippen LogP contribution in [0.4, 0.5) is 5.69 Å². The van der Waals surface area contributed by atoms with E-state index >= 15 is 0 Å². The van der Waals surface area contributed by atoms with Gasteiger partial charge in [-0.3, -0.25) is 4.79 Å². The minimum atomic E-state index is -0.653. The Morgan fingerprint density at radius 1 is 0.964 bits per heavy atom. The molecule has 0 aliphatic carbocycles. The number of ether oxygens (including phenoxy) is 3. The molecular formula is C21H18ClNO5. The molecular weight excluding hydrogens is 382 g/mol. The third kappa shape index (κ3) is 4.92. The van der Waals surface area contributed by atoms with E-state index in [1.165, 1.54) is 7.11 Å². The Hall–Kier alpha value is -3.25. The highest BCUT2D eigenvalue weighted by atomic mass is 35.5. The van der Waals surface area contributed by atoms with Gasteiger partial charge in [-0.2, -0.15) is 0 Å². The second kappa shape index (κ2) is 9.10. The second-order valence-corrected chi connectivity index (χ2v) is 6.23. The molecule has 3 rings (SSSR count). The van der Waals surface area contributed by atoms with E-state index in [1.54, 1.807) is 36.4 Å². The molecule has 144 valence electrons. The first-order chi connectivity index (χ1) is 13.6. The van der Waals surface area contributed by atoms with Crippen LogP contribution in [0.1, 0.15) is 0 Å². The third-order valence-electron chi connectivity index (χ3n) is 3.89. The van der Waals surface area contributed by atoms with Crippen molar-refractivity contribution in [1.82, 2.24) is 0 Å². The molecule has 0 fully saturated rings. The lowest BCUT2D eigenvalue weighted by molar-refractivity contribution is -0.149. The van der Waals surface area contributed by atoms with Crippen LogP contribution in [-0.4, -0.2) is 32.2 Å². The average Bonchev–Trinajstić information content (AvgIpc) is 2.72. The molecule has 0 aliphatic rings. The summed E-state index contributed by atoms with van der Waals surface area (Å²) in [6.45, 7) is -0.737. The molecule has 1 N–H and O–H groups in total. The second-order valence-electron chi connectivity index (χ2n) is 5.82. The van der Waals surface area contributed by atoms with Crippen molar-refractivity contribution < 1.29 is 23.8 Å². The highest BCUT2D eigenvalue weighted by molar-refractivity contribution is 6.35. The van der Waals surface area contributed by atoms with Crippen molar-refractivity contribution in [2.75, 3.05) is 25.6 Å². The summed E-state index contributed by atoms with van der Waals surface area (Å²) in [5.74, 6) is 0.00883. The van der Waals surface area contributed by atoms with Crippen LogP contribution in [0.2, 0.25) is 5.02 Å². The molecule has 1 amide bonds. The first-order valence-corrected chi connectivity index (χ1v) is 8.84. The number of rotatable bonds is 7. The normalized spacial score (nSPS) is 10.4. The maximum absolute atomic E-state index is 11.9. The summed E-state index contributed by atoms with van der Waals surface area (Å²) in [7, 11) is 1.53. The molecule has 0 saturated carbocycles. The van der Waals surface area contributed by atoms with Gasteiger partial charge in [-0.15, -0.1) is 0 Å². The zero-order valence-electron chi connectivity index (χ0n) is 15.1. The van der Waals surface area contributed by atoms with Crippen molar-refractivity contribution in [2.24, 2.45) is 0 Å². The van der Waals surface area contributed by atoms with Gasteiger partial charge in [0.2, 0.25) is 0 Å². The van der Waals surface area contributed by atoms with E-state index in [2.05, 4.69) is 5.32 Å². The topological polar surface area (TPSA) is 73.9 Å². The summed E-state index contributed by atoms with van der Waals surface area (Å²) in [4.78, 5) is 23.8. The van der Waals surface area contributed by atoms with Gasteiger partial charge in [-0.25, -0.2) is 4.79 Å². The van der Waals surface area contributed by atoms with Crippen molar-refractivity contribution in [2.45, 2.75) is 0 Å². The number of carbonyl (C=O) groups excluding carboxylic acids is 2. The first-order valence-electron chi connectivity index (χ1n) is 8.46. The summed E-state index contributed by atoms with van der Waals surface area (Å²) in [6.07, 6.45) is 0. The summed E-state index contributed by atoms with van der Waals surface area (Å²) in [6, 6.07) is 17.7. The van der Waals surface area contributed by atoms with Gasteiger partial charge in [-0.1, -0.05) is 41.9 Å². The van der Waals surface area contributed by atoms with Gasteiger partial charge in [0.05, 0.1) is 7.11 Å². The van der Waals surface area contributed by atoms with Crippen LogP contribution in [-0.2, 0) is 14.3 Å². The predicted molar refractivity (Wildman–Crippen MR) is 107 cm³/mol. The number of fused-ring (bicyclic) bond motifs is 1. The van der Waals surface area contributed by atoms with Crippen LogP contribution in [0, 0.1) is 0 Å². The van der Waals surface area contributed by atoms with E-state index < -0.39 is 18.5 Å². The lowest BCUT2D eigenvalue weighted by Crippen LogP contribution is -2.23. The Morgan fingerprint density at radius 2 is 1.75 bits per heavy atom. The highest BCUT2D eigenvalue weighted by Crippen LogP contribution is 2.31. The third-order valence-corrected chi connectivity index (χ3v) is 4.22. The van der Waals surface area contributed by atoms with E-state index in [-0.39, 0.29) is 6.61 Å². The predicted octanol–water partition coefficient (Wildman–Crippen LogP) is 4.06. The number of hydrogen-bond donors (Lipinski definition) is 1. The lowest BCUT2D eigenvalue weighted by Gasteiger charge is -2.11. The Balaban J connectivity index is 1.51. The summed E-state index contributed by atoms with van der Waals surface area (Å²) < 4.78 is 15.6. The number of amides is 1. The minimum Gasteiger partial charge on any atom is -0.497 e. The van der Waals surface area contributed by atoms with Gasteiger partial charge in [0.25, 0.3) is 5.91 Å². The fourth-order valence-corrected chi connectivity index (χ4v) is 2.81. The largest absolute Gasteiger partial charge is 0.497 e. The summed E-state index contributed by atoms with van der Waals surface area (Å²) in [5.41, 5.74) is 0.546. The standard InChI is InChI=1S/C21H18ClNO5/c1-26-15-6-4-5-14(11-15)23-20(24)12-28-21(25)13-27-19-10-9-18(22)16-7-2-3-8-17(16)19/h2-11H,12-13H2,1H3,(H,23,24). The number of halogens is 1. The van der Waals surface area contributed by atoms with E-state index in [0.717, 1.165) is 10.8 Å². The number of hydrogen-bond acceptors (Lipinski definition) is 5.